The van der Waals surface area contributed by atoms with Crippen molar-refractivity contribution in [3.8, 4) is 0 Å². The topological polar surface area (TPSA) is 46.2 Å². The molecule has 0 radical (unpaired) electrons. The molecule has 1 N–H and O–H groups in total. The first kappa shape index (κ1) is 11.8. The molecule has 4 heteroatoms. The predicted molar refractivity (Wildman–Crippen MR) is 63.4 cm³/mol. The Morgan fingerprint density at radius 1 is 1.33 bits per heavy atom. The van der Waals surface area contributed by atoms with E-state index in [4.69, 9.17) is 0 Å². The molecule has 3 nitrogen and oxygen atoms in total. The summed E-state index contributed by atoms with van der Waals surface area (Å²) in [5, 5.41) is 0. The molecule has 0 aromatic heterocycles. The van der Waals surface area contributed by atoms with Gasteiger partial charge in [-0.1, -0.05) is 25.1 Å². The molecule has 0 bridgehead atoms. The number of sulfonamides is 1. The van der Waals surface area contributed by atoms with Gasteiger partial charge in [0.15, 0.2) is 0 Å². The fourth-order valence-corrected chi connectivity index (χ4v) is 2.07. The van der Waals surface area contributed by atoms with Crippen molar-refractivity contribution in [3.63, 3.8) is 0 Å². The van der Waals surface area contributed by atoms with E-state index in [0.29, 0.717) is 5.69 Å². The highest BCUT2D eigenvalue weighted by Crippen LogP contribution is 2.11. The minimum absolute atomic E-state index is 0.0669. The van der Waals surface area contributed by atoms with Crippen molar-refractivity contribution in [2.24, 2.45) is 0 Å². The van der Waals surface area contributed by atoms with Gasteiger partial charge in [-0.2, -0.15) is 0 Å². The summed E-state index contributed by atoms with van der Waals surface area (Å²) in [5.41, 5.74) is 1.77. The summed E-state index contributed by atoms with van der Waals surface area (Å²) in [6, 6.07) is 7.34. The molecule has 0 heterocycles. The fourth-order valence-electron chi connectivity index (χ4n) is 1.18. The Morgan fingerprint density at radius 2 is 1.93 bits per heavy atom. The number of rotatable bonds is 5. The van der Waals surface area contributed by atoms with Gasteiger partial charge in [0.05, 0.1) is 5.75 Å². The second-order valence-corrected chi connectivity index (χ2v) is 4.99. The van der Waals surface area contributed by atoms with Gasteiger partial charge in [0, 0.05) is 5.69 Å². The van der Waals surface area contributed by atoms with Crippen molar-refractivity contribution in [1.82, 2.24) is 0 Å². The minimum Gasteiger partial charge on any atom is -0.283 e. The van der Waals surface area contributed by atoms with Gasteiger partial charge in [-0.3, -0.25) is 4.72 Å². The largest absolute Gasteiger partial charge is 0.283 e. The Hall–Kier alpha value is -1.29. The highest BCUT2D eigenvalue weighted by molar-refractivity contribution is 7.92. The molecule has 82 valence electrons. The Labute approximate surface area is 90.9 Å². The number of hydrogen-bond donors (Lipinski definition) is 1. The minimum atomic E-state index is -3.27. The summed E-state index contributed by atoms with van der Waals surface area (Å²) >= 11 is 0. The molecule has 0 aliphatic heterocycles. The van der Waals surface area contributed by atoms with E-state index in [0.717, 1.165) is 6.42 Å². The molecule has 15 heavy (non-hydrogen) atoms. The summed E-state index contributed by atoms with van der Waals surface area (Å²) < 4.78 is 25.2. The molecule has 0 fully saturated rings. The van der Waals surface area contributed by atoms with E-state index in [1.165, 1.54) is 11.6 Å². The molecule has 0 atom stereocenters. The van der Waals surface area contributed by atoms with Crippen LogP contribution in [0.2, 0.25) is 0 Å². The maximum Gasteiger partial charge on any atom is 0.236 e. The van der Waals surface area contributed by atoms with E-state index in [2.05, 4.69) is 18.2 Å². The van der Waals surface area contributed by atoms with Crippen LogP contribution in [0.3, 0.4) is 0 Å². The van der Waals surface area contributed by atoms with Crippen LogP contribution in [-0.2, 0) is 16.4 Å². The van der Waals surface area contributed by atoms with E-state index in [1.807, 2.05) is 12.1 Å². The summed E-state index contributed by atoms with van der Waals surface area (Å²) in [7, 11) is -3.27. The molecular formula is C11H15NO2S. The van der Waals surface area contributed by atoms with Crippen LogP contribution in [-0.4, -0.2) is 14.2 Å². The fraction of sp³-hybridized carbons (Fsp3) is 0.273. The van der Waals surface area contributed by atoms with E-state index < -0.39 is 10.0 Å². The monoisotopic (exact) mass is 225 g/mol. The highest BCUT2D eigenvalue weighted by Gasteiger charge is 2.06. The predicted octanol–water partition coefficient (Wildman–Crippen LogP) is 2.18. The van der Waals surface area contributed by atoms with Crippen LogP contribution in [0.5, 0.6) is 0 Å². The second-order valence-electron chi connectivity index (χ2n) is 3.22. The summed E-state index contributed by atoms with van der Waals surface area (Å²) in [6.45, 7) is 5.45. The second kappa shape index (κ2) is 4.98. The normalized spacial score (nSPS) is 11.0. The molecule has 0 saturated heterocycles. The molecule has 0 spiro atoms. The van der Waals surface area contributed by atoms with Gasteiger partial charge in [0.2, 0.25) is 10.0 Å². The third-order valence-corrected chi connectivity index (χ3v) is 3.19. The van der Waals surface area contributed by atoms with Gasteiger partial charge in [-0.05, 0) is 24.1 Å². The van der Waals surface area contributed by atoms with Gasteiger partial charge in [-0.15, -0.1) is 6.58 Å². The molecular weight excluding hydrogens is 210 g/mol. The number of hydrogen-bond acceptors (Lipinski definition) is 2. The van der Waals surface area contributed by atoms with E-state index in [-0.39, 0.29) is 5.75 Å². The lowest BCUT2D eigenvalue weighted by Crippen LogP contribution is -2.15. The molecule has 0 amide bonds. The van der Waals surface area contributed by atoms with Gasteiger partial charge in [-0.25, -0.2) is 8.42 Å². The van der Waals surface area contributed by atoms with Gasteiger partial charge >= 0.3 is 0 Å². The van der Waals surface area contributed by atoms with Gasteiger partial charge < -0.3 is 0 Å². The zero-order valence-electron chi connectivity index (χ0n) is 8.73. The molecule has 0 unspecified atom stereocenters. The first-order valence-electron chi connectivity index (χ1n) is 4.77. The van der Waals surface area contributed by atoms with Crippen LogP contribution in [0.25, 0.3) is 0 Å². The van der Waals surface area contributed by atoms with Gasteiger partial charge in [0.1, 0.15) is 0 Å². The van der Waals surface area contributed by atoms with Crippen molar-refractivity contribution in [3.05, 3.63) is 42.5 Å². The highest BCUT2D eigenvalue weighted by atomic mass is 32.2. The maximum absolute atomic E-state index is 11.4. The van der Waals surface area contributed by atoms with Crippen molar-refractivity contribution in [1.29, 1.82) is 0 Å². The van der Waals surface area contributed by atoms with E-state index in [1.54, 1.807) is 12.1 Å². The third-order valence-electron chi connectivity index (χ3n) is 1.97. The van der Waals surface area contributed by atoms with Crippen LogP contribution in [0.4, 0.5) is 5.69 Å². The number of benzene rings is 1. The lowest BCUT2D eigenvalue weighted by atomic mass is 10.2. The molecule has 0 aliphatic carbocycles. The lowest BCUT2D eigenvalue weighted by Gasteiger charge is -2.06. The Kier molecular flexibility index (Phi) is 3.91. The van der Waals surface area contributed by atoms with Crippen LogP contribution in [0.1, 0.15) is 12.5 Å². The average molecular weight is 225 g/mol. The summed E-state index contributed by atoms with van der Waals surface area (Å²) in [5.74, 6) is -0.0669. The molecule has 1 aromatic carbocycles. The molecule has 0 aliphatic rings. The number of aryl methyl sites for hydroxylation is 1. The van der Waals surface area contributed by atoms with Crippen molar-refractivity contribution in [2.45, 2.75) is 13.3 Å². The van der Waals surface area contributed by atoms with Crippen molar-refractivity contribution in [2.75, 3.05) is 10.5 Å². The zero-order valence-corrected chi connectivity index (χ0v) is 9.55. The van der Waals surface area contributed by atoms with Crippen LogP contribution in [0, 0.1) is 0 Å². The molecule has 1 aromatic rings. The molecule has 1 rings (SSSR count). The third kappa shape index (κ3) is 3.75. The zero-order chi connectivity index (χ0) is 11.3. The van der Waals surface area contributed by atoms with Crippen LogP contribution in [0.15, 0.2) is 36.9 Å². The summed E-state index contributed by atoms with van der Waals surface area (Å²) in [4.78, 5) is 0. The number of anilines is 1. The summed E-state index contributed by atoms with van der Waals surface area (Å²) in [6.07, 6.45) is 2.31. The molecule has 0 saturated carbocycles. The van der Waals surface area contributed by atoms with Crippen LogP contribution >= 0.6 is 0 Å². The van der Waals surface area contributed by atoms with Crippen molar-refractivity contribution < 1.29 is 8.42 Å². The van der Waals surface area contributed by atoms with Crippen LogP contribution < -0.4 is 4.72 Å². The first-order valence-corrected chi connectivity index (χ1v) is 6.43. The maximum atomic E-state index is 11.4. The average Bonchev–Trinajstić information content (AvgIpc) is 2.18. The van der Waals surface area contributed by atoms with E-state index in [9.17, 15) is 8.42 Å². The quantitative estimate of drug-likeness (QED) is 0.781. The smallest absolute Gasteiger partial charge is 0.236 e. The van der Waals surface area contributed by atoms with Gasteiger partial charge in [0.25, 0.3) is 0 Å². The SMILES string of the molecule is C=CCS(=O)(=O)Nc1ccc(CC)cc1. The lowest BCUT2D eigenvalue weighted by molar-refractivity contribution is 0.604. The Bertz CT molecular complexity index is 420. The number of nitrogens with one attached hydrogen (secondary N) is 1. The van der Waals surface area contributed by atoms with E-state index >= 15 is 0 Å². The Morgan fingerprint density at radius 3 is 2.40 bits per heavy atom. The standard InChI is InChI=1S/C11H15NO2S/c1-3-9-15(13,14)12-11-7-5-10(4-2)6-8-11/h3,5-8,12H,1,4,9H2,2H3. The Balaban J connectivity index is 2.77. The first-order chi connectivity index (χ1) is 7.07. The van der Waals surface area contributed by atoms with Crippen molar-refractivity contribution >= 4 is 15.7 Å².